The molecule has 0 aliphatic carbocycles. The molecule has 0 aromatic heterocycles. The molecule has 0 aliphatic heterocycles. The van der Waals surface area contributed by atoms with Crippen molar-refractivity contribution in [3.8, 4) is 5.75 Å². The van der Waals surface area contributed by atoms with Gasteiger partial charge in [0.1, 0.15) is 11.6 Å². The van der Waals surface area contributed by atoms with Gasteiger partial charge in [0.25, 0.3) is 0 Å². The number of likely N-dealkylation sites (N-methyl/N-ethyl adjacent to an activating group) is 1. The molecular weight excluding hydrogens is 335 g/mol. The highest BCUT2D eigenvalue weighted by Crippen LogP contribution is 2.21. The predicted molar refractivity (Wildman–Crippen MR) is 99.4 cm³/mol. The van der Waals surface area contributed by atoms with Crippen molar-refractivity contribution < 1.29 is 18.7 Å². The van der Waals surface area contributed by atoms with E-state index in [1.807, 2.05) is 25.1 Å². The van der Waals surface area contributed by atoms with Gasteiger partial charge < -0.3 is 15.0 Å². The highest BCUT2D eigenvalue weighted by atomic mass is 19.1. The number of carbonyl (C=O) groups excluding carboxylic acids is 2. The number of ether oxygens (including phenoxy) is 1. The van der Waals surface area contributed by atoms with Crippen molar-refractivity contribution in [2.75, 3.05) is 26.0 Å². The van der Waals surface area contributed by atoms with Crippen molar-refractivity contribution in [3.63, 3.8) is 0 Å². The minimum atomic E-state index is -0.442. The van der Waals surface area contributed by atoms with E-state index in [0.29, 0.717) is 11.4 Å². The third-order valence-electron chi connectivity index (χ3n) is 3.66. The van der Waals surface area contributed by atoms with Gasteiger partial charge in [0.15, 0.2) is 0 Å². The van der Waals surface area contributed by atoms with Gasteiger partial charge in [-0.05, 0) is 43.3 Å². The Morgan fingerprint density at radius 3 is 2.69 bits per heavy atom. The van der Waals surface area contributed by atoms with Gasteiger partial charge in [0.05, 0.1) is 13.7 Å². The number of benzene rings is 2. The molecule has 26 heavy (non-hydrogen) atoms. The summed E-state index contributed by atoms with van der Waals surface area (Å²) in [5.41, 5.74) is 2.16. The summed E-state index contributed by atoms with van der Waals surface area (Å²) in [5.74, 6) is -0.524. The van der Waals surface area contributed by atoms with Crippen molar-refractivity contribution in [2.45, 2.75) is 6.92 Å². The van der Waals surface area contributed by atoms with Gasteiger partial charge in [-0.2, -0.15) is 0 Å². The Balaban J connectivity index is 1.97. The third kappa shape index (κ3) is 5.44. The number of amides is 2. The fourth-order valence-corrected chi connectivity index (χ4v) is 2.33. The molecule has 0 heterocycles. The number of anilines is 1. The molecule has 5 nitrogen and oxygen atoms in total. The molecule has 0 fully saturated rings. The molecular formula is C20H21FN2O3. The molecule has 2 aromatic rings. The van der Waals surface area contributed by atoms with E-state index in [0.717, 1.165) is 11.1 Å². The smallest absolute Gasteiger partial charge is 0.246 e. The van der Waals surface area contributed by atoms with Crippen molar-refractivity contribution in [2.24, 2.45) is 0 Å². The first-order valence-corrected chi connectivity index (χ1v) is 8.02. The van der Waals surface area contributed by atoms with Gasteiger partial charge in [-0.25, -0.2) is 4.39 Å². The number of rotatable bonds is 6. The maximum absolute atomic E-state index is 13.1. The zero-order valence-electron chi connectivity index (χ0n) is 15.0. The molecule has 2 rings (SSSR count). The first-order valence-electron chi connectivity index (χ1n) is 8.02. The molecule has 0 saturated heterocycles. The van der Waals surface area contributed by atoms with Crippen LogP contribution in [0.15, 0.2) is 48.5 Å². The predicted octanol–water partition coefficient (Wildman–Crippen LogP) is 3.25. The standard InChI is InChI=1S/C20H21FN2O3/c1-14-7-9-18(26-3)15(11-14)8-10-20(25)23(2)13-19(24)22-17-6-4-5-16(21)12-17/h4-12H,13H2,1-3H3,(H,22,24)/b10-8+. The minimum absolute atomic E-state index is 0.148. The van der Waals surface area contributed by atoms with Crippen LogP contribution in [0.3, 0.4) is 0 Å². The third-order valence-corrected chi connectivity index (χ3v) is 3.66. The summed E-state index contributed by atoms with van der Waals surface area (Å²) >= 11 is 0. The zero-order chi connectivity index (χ0) is 19.1. The van der Waals surface area contributed by atoms with Gasteiger partial charge in [-0.15, -0.1) is 0 Å². The van der Waals surface area contributed by atoms with Crippen LogP contribution in [0.1, 0.15) is 11.1 Å². The Labute approximate surface area is 152 Å². The molecule has 0 radical (unpaired) electrons. The van der Waals surface area contributed by atoms with E-state index in [1.165, 1.54) is 36.2 Å². The van der Waals surface area contributed by atoms with Crippen molar-refractivity contribution in [3.05, 3.63) is 65.5 Å². The number of nitrogens with zero attached hydrogens (tertiary/aromatic N) is 1. The zero-order valence-corrected chi connectivity index (χ0v) is 15.0. The Hall–Kier alpha value is -3.15. The first-order chi connectivity index (χ1) is 12.4. The summed E-state index contributed by atoms with van der Waals surface area (Å²) in [6.07, 6.45) is 3.03. The van der Waals surface area contributed by atoms with Crippen LogP contribution in [0.2, 0.25) is 0 Å². The van der Waals surface area contributed by atoms with Gasteiger partial charge in [0.2, 0.25) is 11.8 Å². The summed E-state index contributed by atoms with van der Waals surface area (Å²) in [6.45, 7) is 1.80. The number of halogens is 1. The van der Waals surface area contributed by atoms with Gasteiger partial charge in [-0.3, -0.25) is 9.59 Å². The highest BCUT2D eigenvalue weighted by Gasteiger charge is 2.11. The number of nitrogens with one attached hydrogen (secondary N) is 1. The fraction of sp³-hybridized carbons (Fsp3) is 0.200. The molecule has 6 heteroatoms. The van der Waals surface area contributed by atoms with Crippen LogP contribution in [0.25, 0.3) is 6.08 Å². The SMILES string of the molecule is COc1ccc(C)cc1/C=C/C(=O)N(C)CC(=O)Nc1cccc(F)c1. The lowest BCUT2D eigenvalue weighted by atomic mass is 10.1. The lowest BCUT2D eigenvalue weighted by Gasteiger charge is -2.15. The monoisotopic (exact) mass is 356 g/mol. The van der Waals surface area contributed by atoms with E-state index in [9.17, 15) is 14.0 Å². The van der Waals surface area contributed by atoms with Crippen LogP contribution in [0, 0.1) is 12.7 Å². The molecule has 1 N–H and O–H groups in total. The molecule has 0 bridgehead atoms. The lowest BCUT2D eigenvalue weighted by molar-refractivity contribution is -0.129. The summed E-state index contributed by atoms with van der Waals surface area (Å²) in [5, 5.41) is 2.55. The molecule has 2 aromatic carbocycles. The Morgan fingerprint density at radius 2 is 2.00 bits per heavy atom. The van der Waals surface area contributed by atoms with Crippen LogP contribution in [0.5, 0.6) is 5.75 Å². The Bertz CT molecular complexity index is 834. The number of carbonyl (C=O) groups is 2. The quantitative estimate of drug-likeness (QED) is 0.809. The second-order valence-electron chi connectivity index (χ2n) is 5.83. The minimum Gasteiger partial charge on any atom is -0.496 e. The molecule has 0 unspecified atom stereocenters. The average molecular weight is 356 g/mol. The van der Waals surface area contributed by atoms with Crippen molar-refractivity contribution >= 4 is 23.6 Å². The lowest BCUT2D eigenvalue weighted by Crippen LogP contribution is -2.33. The normalized spacial score (nSPS) is 10.6. The second kappa shape index (κ2) is 8.80. The Kier molecular flexibility index (Phi) is 6.49. The summed E-state index contributed by atoms with van der Waals surface area (Å²) in [4.78, 5) is 25.5. The average Bonchev–Trinajstić information content (AvgIpc) is 2.59. The van der Waals surface area contributed by atoms with Crippen molar-refractivity contribution in [1.29, 1.82) is 0 Å². The maximum atomic E-state index is 13.1. The van der Waals surface area contributed by atoms with Crippen LogP contribution in [-0.2, 0) is 9.59 Å². The van der Waals surface area contributed by atoms with Gasteiger partial charge in [0, 0.05) is 24.4 Å². The molecule has 0 spiro atoms. The van der Waals surface area contributed by atoms with Crippen LogP contribution < -0.4 is 10.1 Å². The van der Waals surface area contributed by atoms with Gasteiger partial charge >= 0.3 is 0 Å². The summed E-state index contributed by atoms with van der Waals surface area (Å²) in [6, 6.07) is 11.2. The highest BCUT2D eigenvalue weighted by molar-refractivity contribution is 5.98. The number of aryl methyl sites for hydroxylation is 1. The fourth-order valence-electron chi connectivity index (χ4n) is 2.33. The van der Waals surface area contributed by atoms with Crippen molar-refractivity contribution in [1.82, 2.24) is 4.90 Å². The van der Waals surface area contributed by atoms with E-state index in [1.54, 1.807) is 19.3 Å². The van der Waals surface area contributed by atoms with E-state index < -0.39 is 11.7 Å². The number of hydrogen-bond donors (Lipinski definition) is 1. The topological polar surface area (TPSA) is 58.6 Å². The second-order valence-corrected chi connectivity index (χ2v) is 5.83. The van der Waals surface area contributed by atoms with Crippen LogP contribution in [0.4, 0.5) is 10.1 Å². The van der Waals surface area contributed by atoms with E-state index in [2.05, 4.69) is 5.32 Å². The number of hydrogen-bond acceptors (Lipinski definition) is 3. The van der Waals surface area contributed by atoms with E-state index in [-0.39, 0.29) is 12.5 Å². The van der Waals surface area contributed by atoms with E-state index >= 15 is 0 Å². The van der Waals surface area contributed by atoms with Crippen LogP contribution >= 0.6 is 0 Å². The molecule has 136 valence electrons. The molecule has 0 saturated carbocycles. The first kappa shape index (κ1) is 19.2. The Morgan fingerprint density at radius 1 is 1.23 bits per heavy atom. The largest absolute Gasteiger partial charge is 0.496 e. The summed E-state index contributed by atoms with van der Waals surface area (Å²) in [7, 11) is 3.08. The molecule has 0 atom stereocenters. The molecule has 0 aliphatic rings. The molecule has 2 amide bonds. The summed E-state index contributed by atoms with van der Waals surface area (Å²) < 4.78 is 18.4. The van der Waals surface area contributed by atoms with Gasteiger partial charge in [-0.1, -0.05) is 17.7 Å². The van der Waals surface area contributed by atoms with Crippen LogP contribution in [-0.4, -0.2) is 37.4 Å². The number of methoxy groups -OCH3 is 1. The van der Waals surface area contributed by atoms with E-state index in [4.69, 9.17) is 4.74 Å². The maximum Gasteiger partial charge on any atom is 0.246 e.